The van der Waals surface area contributed by atoms with Gasteiger partial charge in [-0.2, -0.15) is 0 Å². The van der Waals surface area contributed by atoms with Crippen molar-refractivity contribution in [2.24, 2.45) is 0 Å². The van der Waals surface area contributed by atoms with Gasteiger partial charge in [0.2, 0.25) is 5.91 Å². The number of hydrogen-bond acceptors (Lipinski definition) is 4. The van der Waals surface area contributed by atoms with Gasteiger partial charge in [0, 0.05) is 24.6 Å². The second-order valence-corrected chi connectivity index (χ2v) is 9.45. The van der Waals surface area contributed by atoms with E-state index >= 15 is 0 Å². The Bertz CT molecular complexity index is 1360. The lowest BCUT2D eigenvalue weighted by Crippen LogP contribution is -2.27. The predicted molar refractivity (Wildman–Crippen MR) is 138 cm³/mol. The Morgan fingerprint density at radius 1 is 0.971 bits per heavy atom. The van der Waals surface area contributed by atoms with Gasteiger partial charge in [-0.15, -0.1) is 0 Å². The molecule has 6 heteroatoms. The highest BCUT2D eigenvalue weighted by Crippen LogP contribution is 2.34. The number of imidazole rings is 1. The van der Waals surface area contributed by atoms with E-state index in [1.807, 2.05) is 92.4 Å². The third-order valence-corrected chi connectivity index (χ3v) is 6.80. The number of aliphatic hydroxyl groups is 1. The summed E-state index contributed by atoms with van der Waals surface area (Å²) in [5.41, 5.74) is 5.94. The minimum Gasteiger partial charge on any atom is -0.490 e. The van der Waals surface area contributed by atoms with Gasteiger partial charge in [0.05, 0.1) is 17.6 Å². The van der Waals surface area contributed by atoms with Crippen LogP contribution in [0.1, 0.15) is 34.9 Å². The van der Waals surface area contributed by atoms with Crippen LogP contribution in [0.3, 0.4) is 0 Å². The number of para-hydroxylation sites is 4. The molecule has 6 nitrogen and oxygen atoms in total. The first-order chi connectivity index (χ1) is 16.9. The Morgan fingerprint density at radius 3 is 2.43 bits per heavy atom. The number of hydrogen-bond donors (Lipinski definition) is 1. The van der Waals surface area contributed by atoms with Crippen LogP contribution in [0.5, 0.6) is 5.75 Å². The average molecular weight is 470 g/mol. The molecule has 0 saturated carbocycles. The van der Waals surface area contributed by atoms with E-state index < -0.39 is 6.10 Å². The Hall–Kier alpha value is -3.64. The number of ether oxygens (including phenoxy) is 1. The third kappa shape index (κ3) is 4.54. The zero-order chi connectivity index (χ0) is 24.5. The third-order valence-electron chi connectivity index (χ3n) is 6.80. The van der Waals surface area contributed by atoms with E-state index in [1.165, 1.54) is 0 Å². The average Bonchev–Trinajstić information content (AvgIpc) is 3.39. The van der Waals surface area contributed by atoms with Crippen LogP contribution in [0, 0.1) is 20.8 Å². The van der Waals surface area contributed by atoms with E-state index in [4.69, 9.17) is 9.72 Å². The van der Waals surface area contributed by atoms with E-state index in [-0.39, 0.29) is 18.4 Å². The van der Waals surface area contributed by atoms with Crippen molar-refractivity contribution in [3.63, 3.8) is 0 Å². The molecule has 0 radical (unpaired) electrons. The van der Waals surface area contributed by atoms with E-state index in [0.717, 1.165) is 45.0 Å². The largest absolute Gasteiger partial charge is 0.490 e. The molecule has 1 amide bonds. The predicted octanol–water partition coefficient (Wildman–Crippen LogP) is 4.92. The molecular formula is C29H31N3O3. The number of carbonyl (C=O) groups excluding carboxylic acids is 1. The molecular weight excluding hydrogens is 438 g/mol. The van der Waals surface area contributed by atoms with Crippen LogP contribution in [0.2, 0.25) is 0 Å². The molecule has 1 fully saturated rings. The lowest BCUT2D eigenvalue weighted by molar-refractivity contribution is -0.117. The Kier molecular flexibility index (Phi) is 6.31. The highest BCUT2D eigenvalue weighted by Gasteiger charge is 2.35. The smallest absolute Gasteiger partial charge is 0.227 e. The van der Waals surface area contributed by atoms with Gasteiger partial charge in [0.15, 0.2) is 0 Å². The second-order valence-electron chi connectivity index (χ2n) is 9.45. The van der Waals surface area contributed by atoms with Crippen LogP contribution < -0.4 is 9.64 Å². The van der Waals surface area contributed by atoms with Crippen molar-refractivity contribution in [2.75, 3.05) is 18.1 Å². The number of benzene rings is 3. The summed E-state index contributed by atoms with van der Waals surface area (Å²) < 4.78 is 8.08. The summed E-state index contributed by atoms with van der Waals surface area (Å²) in [5, 5.41) is 11.0. The molecule has 1 aromatic heterocycles. The van der Waals surface area contributed by atoms with Gasteiger partial charge in [-0.05, 0) is 55.7 Å². The fraction of sp³-hybridized carbons (Fsp3) is 0.310. The summed E-state index contributed by atoms with van der Waals surface area (Å²) in [7, 11) is 0. The summed E-state index contributed by atoms with van der Waals surface area (Å²) in [6.07, 6.45) is -0.331. The van der Waals surface area contributed by atoms with Crippen LogP contribution in [0.4, 0.5) is 5.69 Å². The molecule has 4 aromatic rings. The first kappa shape index (κ1) is 23.1. The fourth-order valence-electron chi connectivity index (χ4n) is 5.05. The number of aryl methyl sites for hydroxylation is 3. The first-order valence-corrected chi connectivity index (χ1v) is 12.1. The van der Waals surface area contributed by atoms with Crippen LogP contribution >= 0.6 is 0 Å². The number of amides is 1. The van der Waals surface area contributed by atoms with E-state index in [2.05, 4.69) is 4.57 Å². The fourth-order valence-corrected chi connectivity index (χ4v) is 5.05. The Morgan fingerprint density at radius 2 is 1.66 bits per heavy atom. The summed E-state index contributed by atoms with van der Waals surface area (Å²) in [6.45, 7) is 7.13. The summed E-state index contributed by atoms with van der Waals surface area (Å²) in [6, 6.07) is 21.9. The van der Waals surface area contributed by atoms with Crippen molar-refractivity contribution in [1.29, 1.82) is 0 Å². The Labute approximate surface area is 205 Å². The highest BCUT2D eigenvalue weighted by molar-refractivity contribution is 5.97. The molecule has 1 aliphatic heterocycles. The number of aromatic nitrogens is 2. The highest BCUT2D eigenvalue weighted by atomic mass is 16.5. The monoisotopic (exact) mass is 469 g/mol. The van der Waals surface area contributed by atoms with Crippen molar-refractivity contribution < 1.29 is 14.6 Å². The Balaban J connectivity index is 1.40. The van der Waals surface area contributed by atoms with E-state index in [1.54, 1.807) is 0 Å². The van der Waals surface area contributed by atoms with Crippen molar-refractivity contribution in [3.05, 3.63) is 89.2 Å². The molecule has 5 rings (SSSR count). The van der Waals surface area contributed by atoms with Gasteiger partial charge in [-0.3, -0.25) is 4.79 Å². The summed E-state index contributed by atoms with van der Waals surface area (Å²) in [5.74, 6) is 1.70. The van der Waals surface area contributed by atoms with Crippen LogP contribution in [-0.2, 0) is 11.3 Å². The number of carbonyl (C=O) groups is 1. The molecule has 2 heterocycles. The number of fused-ring (bicyclic) bond motifs is 1. The van der Waals surface area contributed by atoms with Gasteiger partial charge in [-0.1, -0.05) is 48.5 Å². The molecule has 35 heavy (non-hydrogen) atoms. The lowest BCUT2D eigenvalue weighted by Gasteiger charge is -2.20. The number of anilines is 1. The standard InChI is InChI=1S/C29H31N3O3/c1-19-9-4-6-13-25(19)31-16-22(15-27(31)34)29-30-24-12-5-7-14-26(24)32(29)17-23(33)18-35-28-20(2)10-8-11-21(28)3/h4-14,22-23,33H,15-18H2,1-3H3/t22-,23+/m0/s1. The minimum atomic E-state index is -0.727. The maximum Gasteiger partial charge on any atom is 0.227 e. The summed E-state index contributed by atoms with van der Waals surface area (Å²) in [4.78, 5) is 19.8. The molecule has 0 aliphatic carbocycles. The minimum absolute atomic E-state index is 0.0544. The molecule has 0 unspecified atom stereocenters. The summed E-state index contributed by atoms with van der Waals surface area (Å²) >= 11 is 0. The SMILES string of the molecule is Cc1ccccc1N1C[C@@H](c2nc3ccccc3n2C[C@@H](O)COc2c(C)cccc2C)CC1=O. The molecule has 0 bridgehead atoms. The van der Waals surface area contributed by atoms with E-state index in [0.29, 0.717) is 19.5 Å². The maximum atomic E-state index is 13.0. The van der Waals surface area contributed by atoms with E-state index in [9.17, 15) is 9.90 Å². The molecule has 180 valence electrons. The topological polar surface area (TPSA) is 67.6 Å². The maximum absolute atomic E-state index is 13.0. The van der Waals surface area contributed by atoms with Gasteiger partial charge in [0.25, 0.3) is 0 Å². The zero-order valence-corrected chi connectivity index (χ0v) is 20.4. The van der Waals surface area contributed by atoms with Crippen LogP contribution in [0.15, 0.2) is 66.7 Å². The van der Waals surface area contributed by atoms with Crippen molar-refractivity contribution in [1.82, 2.24) is 9.55 Å². The van der Waals surface area contributed by atoms with Crippen LogP contribution in [-0.4, -0.2) is 39.8 Å². The molecule has 0 spiro atoms. The molecule has 1 aliphatic rings. The zero-order valence-electron chi connectivity index (χ0n) is 20.4. The van der Waals surface area contributed by atoms with Gasteiger partial charge < -0.3 is 19.3 Å². The lowest BCUT2D eigenvalue weighted by atomic mass is 10.1. The second kappa shape index (κ2) is 9.55. The number of nitrogens with zero attached hydrogens (tertiary/aromatic N) is 3. The quantitative estimate of drug-likeness (QED) is 0.417. The van der Waals surface area contributed by atoms with Crippen LogP contribution in [0.25, 0.3) is 11.0 Å². The van der Waals surface area contributed by atoms with Crippen molar-refractivity contribution in [2.45, 2.75) is 45.8 Å². The van der Waals surface area contributed by atoms with Gasteiger partial charge >= 0.3 is 0 Å². The van der Waals surface area contributed by atoms with Crippen molar-refractivity contribution in [3.8, 4) is 5.75 Å². The molecule has 1 N–H and O–H groups in total. The molecule has 1 saturated heterocycles. The van der Waals surface area contributed by atoms with Crippen molar-refractivity contribution >= 4 is 22.6 Å². The van der Waals surface area contributed by atoms with Gasteiger partial charge in [-0.25, -0.2) is 4.98 Å². The number of rotatable bonds is 7. The first-order valence-electron chi connectivity index (χ1n) is 12.1. The van der Waals surface area contributed by atoms with Gasteiger partial charge in [0.1, 0.15) is 24.3 Å². The number of aliphatic hydroxyl groups excluding tert-OH is 1. The molecule has 2 atom stereocenters. The normalized spacial score (nSPS) is 16.7. The molecule has 3 aromatic carbocycles.